The molecule has 0 unspecified atom stereocenters. The Hall–Kier alpha value is -3.02. The molecule has 6 heteroatoms. The van der Waals surface area contributed by atoms with E-state index in [0.717, 1.165) is 11.1 Å². The topological polar surface area (TPSA) is 84.9 Å². The summed E-state index contributed by atoms with van der Waals surface area (Å²) in [5, 5.41) is 12.0. The van der Waals surface area contributed by atoms with E-state index < -0.39 is 23.7 Å². The van der Waals surface area contributed by atoms with Crippen molar-refractivity contribution in [1.82, 2.24) is 5.32 Å². The molecule has 0 radical (unpaired) electrons. The van der Waals surface area contributed by atoms with Gasteiger partial charge in [0.2, 0.25) is 0 Å². The van der Waals surface area contributed by atoms with Crippen LogP contribution >= 0.6 is 0 Å². The Balaban J connectivity index is 2.06. The number of ether oxygens (including phenoxy) is 2. The van der Waals surface area contributed by atoms with Crippen molar-refractivity contribution in [2.75, 3.05) is 0 Å². The van der Waals surface area contributed by atoms with Gasteiger partial charge in [-0.2, -0.15) is 0 Å². The molecule has 0 fully saturated rings. The molecule has 0 aliphatic carbocycles. The van der Waals surface area contributed by atoms with Crippen molar-refractivity contribution < 1.29 is 24.2 Å². The van der Waals surface area contributed by atoms with Crippen LogP contribution in [0.3, 0.4) is 0 Å². The number of nitrogens with one attached hydrogen (secondary N) is 1. The number of phenols is 1. The van der Waals surface area contributed by atoms with Gasteiger partial charge in [-0.15, -0.1) is 0 Å². The van der Waals surface area contributed by atoms with E-state index in [1.807, 2.05) is 30.3 Å². The molecular weight excluding hydrogens is 346 g/mol. The minimum Gasteiger partial charge on any atom is -0.508 e. The first-order valence-corrected chi connectivity index (χ1v) is 8.71. The lowest BCUT2D eigenvalue weighted by Crippen LogP contribution is -2.45. The number of carbonyl (C=O) groups excluding carboxylic acids is 2. The summed E-state index contributed by atoms with van der Waals surface area (Å²) in [7, 11) is 0. The predicted molar refractivity (Wildman–Crippen MR) is 101 cm³/mol. The number of rotatable bonds is 6. The van der Waals surface area contributed by atoms with E-state index >= 15 is 0 Å². The highest BCUT2D eigenvalue weighted by atomic mass is 16.6. The Labute approximate surface area is 159 Å². The predicted octanol–water partition coefficient (Wildman–Crippen LogP) is 3.57. The zero-order valence-corrected chi connectivity index (χ0v) is 15.8. The van der Waals surface area contributed by atoms with Crippen molar-refractivity contribution in [3.05, 3.63) is 65.7 Å². The Kier molecular flexibility index (Phi) is 6.82. The second-order valence-corrected chi connectivity index (χ2v) is 7.16. The lowest BCUT2D eigenvalue weighted by molar-refractivity contribution is -0.147. The first kappa shape index (κ1) is 20.3. The first-order valence-electron chi connectivity index (χ1n) is 8.71. The van der Waals surface area contributed by atoms with Gasteiger partial charge in [0.05, 0.1) is 0 Å². The summed E-state index contributed by atoms with van der Waals surface area (Å²) < 4.78 is 10.6. The van der Waals surface area contributed by atoms with Gasteiger partial charge in [-0.1, -0.05) is 42.5 Å². The van der Waals surface area contributed by atoms with Crippen molar-refractivity contribution in [2.45, 2.75) is 45.4 Å². The second kappa shape index (κ2) is 9.07. The average molecular weight is 371 g/mol. The normalized spacial score (nSPS) is 12.1. The number of hydrogen-bond donors (Lipinski definition) is 2. The standard InChI is InChI=1S/C21H25NO5/c1-21(2,3)27-20(25)22-18(13-15-9-11-17(23)12-10-15)19(24)26-14-16-7-5-4-6-8-16/h4-12,18,23H,13-14H2,1-3H3,(H,22,25)/t18-/m1/s1. The maximum atomic E-state index is 12.5. The summed E-state index contributed by atoms with van der Waals surface area (Å²) in [6.45, 7) is 5.35. The molecule has 0 saturated carbocycles. The Bertz CT molecular complexity index is 750. The average Bonchev–Trinajstić information content (AvgIpc) is 2.60. The molecule has 0 aliphatic rings. The van der Waals surface area contributed by atoms with Crippen molar-refractivity contribution in [2.24, 2.45) is 0 Å². The van der Waals surface area contributed by atoms with Gasteiger partial charge in [-0.05, 0) is 44.0 Å². The number of phenolic OH excluding ortho intramolecular Hbond substituents is 1. The Morgan fingerprint density at radius 2 is 1.63 bits per heavy atom. The van der Waals surface area contributed by atoms with E-state index in [9.17, 15) is 14.7 Å². The first-order chi connectivity index (χ1) is 12.7. The zero-order chi connectivity index (χ0) is 19.9. The van der Waals surface area contributed by atoms with Gasteiger partial charge in [-0.25, -0.2) is 9.59 Å². The number of carbonyl (C=O) groups is 2. The van der Waals surface area contributed by atoms with Crippen LogP contribution < -0.4 is 5.32 Å². The molecule has 2 rings (SSSR count). The summed E-state index contributed by atoms with van der Waals surface area (Å²) in [6, 6.07) is 14.8. The molecule has 1 amide bonds. The van der Waals surface area contributed by atoms with Crippen LogP contribution in [0.2, 0.25) is 0 Å². The maximum absolute atomic E-state index is 12.5. The summed E-state index contributed by atoms with van der Waals surface area (Å²) in [5.41, 5.74) is 0.943. The monoisotopic (exact) mass is 371 g/mol. The van der Waals surface area contributed by atoms with Gasteiger partial charge in [0.25, 0.3) is 0 Å². The van der Waals surface area contributed by atoms with E-state index in [-0.39, 0.29) is 18.8 Å². The second-order valence-electron chi connectivity index (χ2n) is 7.16. The fourth-order valence-electron chi connectivity index (χ4n) is 2.34. The number of benzene rings is 2. The van der Waals surface area contributed by atoms with E-state index in [1.165, 1.54) is 12.1 Å². The lowest BCUT2D eigenvalue weighted by Gasteiger charge is -2.23. The number of amides is 1. The van der Waals surface area contributed by atoms with Gasteiger partial charge >= 0.3 is 12.1 Å². The van der Waals surface area contributed by atoms with Crippen LogP contribution in [0.5, 0.6) is 5.75 Å². The SMILES string of the molecule is CC(C)(C)OC(=O)N[C@H](Cc1ccc(O)cc1)C(=O)OCc1ccccc1. The van der Waals surface area contributed by atoms with Crippen LogP contribution in [0, 0.1) is 0 Å². The van der Waals surface area contributed by atoms with E-state index in [2.05, 4.69) is 5.32 Å². The lowest BCUT2D eigenvalue weighted by atomic mass is 10.1. The van der Waals surface area contributed by atoms with Gasteiger partial charge in [-0.3, -0.25) is 0 Å². The molecule has 0 heterocycles. The van der Waals surface area contributed by atoms with Crippen LogP contribution in [-0.2, 0) is 27.3 Å². The molecule has 2 aromatic rings. The van der Waals surface area contributed by atoms with Crippen LogP contribution in [0.4, 0.5) is 4.79 Å². The molecule has 2 aromatic carbocycles. The Morgan fingerprint density at radius 1 is 1.00 bits per heavy atom. The van der Waals surface area contributed by atoms with Crippen molar-refractivity contribution >= 4 is 12.1 Å². The number of esters is 1. The Morgan fingerprint density at radius 3 is 2.22 bits per heavy atom. The van der Waals surface area contributed by atoms with Crippen LogP contribution in [0.1, 0.15) is 31.9 Å². The molecule has 6 nitrogen and oxygen atoms in total. The third-order valence-electron chi connectivity index (χ3n) is 3.58. The third kappa shape index (κ3) is 7.40. The van der Waals surface area contributed by atoms with Gasteiger partial charge < -0.3 is 19.9 Å². The van der Waals surface area contributed by atoms with Crippen molar-refractivity contribution in [3.63, 3.8) is 0 Å². The summed E-state index contributed by atoms with van der Waals surface area (Å²) in [6.07, 6.45) is -0.476. The van der Waals surface area contributed by atoms with E-state index in [0.29, 0.717) is 0 Å². The molecule has 0 aliphatic heterocycles. The molecule has 27 heavy (non-hydrogen) atoms. The zero-order valence-electron chi connectivity index (χ0n) is 15.8. The largest absolute Gasteiger partial charge is 0.508 e. The maximum Gasteiger partial charge on any atom is 0.408 e. The van der Waals surface area contributed by atoms with Gasteiger partial charge in [0, 0.05) is 6.42 Å². The minimum atomic E-state index is -0.909. The molecule has 0 saturated heterocycles. The molecule has 0 aromatic heterocycles. The van der Waals surface area contributed by atoms with Crippen LogP contribution in [0.15, 0.2) is 54.6 Å². The number of alkyl carbamates (subject to hydrolysis) is 1. The van der Waals surface area contributed by atoms with Gasteiger partial charge in [0.15, 0.2) is 0 Å². The van der Waals surface area contributed by atoms with Crippen LogP contribution in [-0.4, -0.2) is 28.8 Å². The molecular formula is C21H25NO5. The summed E-state index contributed by atoms with van der Waals surface area (Å²) in [4.78, 5) is 24.7. The highest BCUT2D eigenvalue weighted by Crippen LogP contribution is 2.13. The molecule has 0 spiro atoms. The molecule has 144 valence electrons. The number of aromatic hydroxyl groups is 1. The quantitative estimate of drug-likeness (QED) is 0.758. The summed E-state index contributed by atoms with van der Waals surface area (Å²) in [5.74, 6) is -0.431. The van der Waals surface area contributed by atoms with Gasteiger partial charge in [0.1, 0.15) is 24.0 Å². The highest BCUT2D eigenvalue weighted by molar-refractivity contribution is 5.81. The molecule has 0 bridgehead atoms. The fourth-order valence-corrected chi connectivity index (χ4v) is 2.34. The van der Waals surface area contributed by atoms with Crippen molar-refractivity contribution in [1.29, 1.82) is 0 Å². The smallest absolute Gasteiger partial charge is 0.408 e. The summed E-state index contributed by atoms with van der Waals surface area (Å²) >= 11 is 0. The minimum absolute atomic E-state index is 0.113. The highest BCUT2D eigenvalue weighted by Gasteiger charge is 2.26. The fraction of sp³-hybridized carbons (Fsp3) is 0.333. The van der Waals surface area contributed by atoms with Crippen LogP contribution in [0.25, 0.3) is 0 Å². The number of hydrogen-bond acceptors (Lipinski definition) is 5. The third-order valence-corrected chi connectivity index (χ3v) is 3.58. The van der Waals surface area contributed by atoms with E-state index in [1.54, 1.807) is 32.9 Å². The molecule has 1 atom stereocenters. The van der Waals surface area contributed by atoms with Crippen molar-refractivity contribution in [3.8, 4) is 5.75 Å². The van der Waals surface area contributed by atoms with E-state index in [4.69, 9.17) is 9.47 Å². The molecule has 2 N–H and O–H groups in total.